The van der Waals surface area contributed by atoms with Crippen molar-refractivity contribution < 1.29 is 13.9 Å². The molecule has 0 saturated heterocycles. The highest BCUT2D eigenvalue weighted by Crippen LogP contribution is 2.26. The summed E-state index contributed by atoms with van der Waals surface area (Å²) < 4.78 is 11.8. The molecule has 4 rings (SSSR count). The first-order chi connectivity index (χ1) is 16.0. The second-order valence-electron chi connectivity index (χ2n) is 8.20. The van der Waals surface area contributed by atoms with Gasteiger partial charge in [-0.15, -0.1) is 0 Å². The molecule has 1 atom stereocenters. The van der Waals surface area contributed by atoms with Crippen molar-refractivity contribution >= 4 is 28.3 Å². The number of ether oxygens (including phenoxy) is 1. The minimum Gasteiger partial charge on any atom is -0.485 e. The number of furan rings is 1. The van der Waals surface area contributed by atoms with E-state index in [1.807, 2.05) is 80.8 Å². The Morgan fingerprint density at radius 2 is 1.76 bits per heavy atom. The van der Waals surface area contributed by atoms with E-state index in [1.165, 1.54) is 0 Å². The molecule has 5 nitrogen and oxygen atoms in total. The molecule has 3 aromatic carbocycles. The van der Waals surface area contributed by atoms with Crippen LogP contribution in [0.3, 0.4) is 0 Å². The molecule has 0 bridgehead atoms. The van der Waals surface area contributed by atoms with Gasteiger partial charge in [-0.05, 0) is 68.3 Å². The molecule has 1 amide bonds. The molecule has 1 aromatic heterocycles. The van der Waals surface area contributed by atoms with Crippen LogP contribution in [0.4, 0.5) is 0 Å². The summed E-state index contributed by atoms with van der Waals surface area (Å²) in [5.41, 5.74) is 1.00. The van der Waals surface area contributed by atoms with Crippen molar-refractivity contribution in [2.24, 2.45) is 0 Å². The van der Waals surface area contributed by atoms with E-state index in [1.54, 1.807) is 12.1 Å². The van der Waals surface area contributed by atoms with Crippen LogP contribution in [0.1, 0.15) is 34.3 Å². The van der Waals surface area contributed by atoms with Gasteiger partial charge in [0.15, 0.2) is 5.76 Å². The second kappa shape index (κ2) is 10.6. The molecule has 170 valence electrons. The second-order valence-corrected chi connectivity index (χ2v) is 8.64. The average molecular weight is 463 g/mol. The maximum absolute atomic E-state index is 12.9. The topological polar surface area (TPSA) is 54.7 Å². The summed E-state index contributed by atoms with van der Waals surface area (Å²) in [6.07, 6.45) is 0.762. The zero-order valence-electron chi connectivity index (χ0n) is 18.8. The molecule has 1 heterocycles. The number of hydrogen-bond acceptors (Lipinski definition) is 4. The first-order valence-electron chi connectivity index (χ1n) is 10.9. The van der Waals surface area contributed by atoms with E-state index < -0.39 is 0 Å². The van der Waals surface area contributed by atoms with Gasteiger partial charge in [0.05, 0.1) is 6.04 Å². The number of nitrogens with zero attached hydrogens (tertiary/aromatic N) is 1. The summed E-state index contributed by atoms with van der Waals surface area (Å²) in [7, 11) is 4.02. The van der Waals surface area contributed by atoms with Crippen LogP contribution in [0, 0.1) is 0 Å². The Morgan fingerprint density at radius 1 is 1.00 bits per heavy atom. The smallest absolute Gasteiger partial charge is 0.287 e. The zero-order valence-corrected chi connectivity index (χ0v) is 19.5. The quantitative estimate of drug-likeness (QED) is 0.327. The van der Waals surface area contributed by atoms with Crippen molar-refractivity contribution in [1.29, 1.82) is 0 Å². The van der Waals surface area contributed by atoms with E-state index in [4.69, 9.17) is 20.8 Å². The van der Waals surface area contributed by atoms with Crippen LogP contribution in [0.5, 0.6) is 5.75 Å². The predicted octanol–water partition coefficient (Wildman–Crippen LogP) is 6.09. The summed E-state index contributed by atoms with van der Waals surface area (Å²) in [5, 5.41) is 5.91. The van der Waals surface area contributed by atoms with Crippen molar-refractivity contribution in [2.45, 2.75) is 19.1 Å². The number of rotatable bonds is 9. The van der Waals surface area contributed by atoms with E-state index >= 15 is 0 Å². The van der Waals surface area contributed by atoms with Gasteiger partial charge in [0.2, 0.25) is 0 Å². The minimum absolute atomic E-state index is 0.155. The lowest BCUT2D eigenvalue weighted by Crippen LogP contribution is -2.30. The monoisotopic (exact) mass is 462 g/mol. The fourth-order valence-corrected chi connectivity index (χ4v) is 3.81. The van der Waals surface area contributed by atoms with E-state index in [-0.39, 0.29) is 24.3 Å². The van der Waals surface area contributed by atoms with Crippen LogP contribution in [-0.4, -0.2) is 31.4 Å². The molecule has 0 radical (unpaired) electrons. The van der Waals surface area contributed by atoms with Gasteiger partial charge >= 0.3 is 0 Å². The molecule has 0 fully saturated rings. The maximum atomic E-state index is 12.9. The molecule has 0 saturated carbocycles. The van der Waals surface area contributed by atoms with Crippen molar-refractivity contribution in [3.8, 4) is 5.75 Å². The Balaban J connectivity index is 1.43. The Hall–Kier alpha value is -3.28. The molecular formula is C27H27ClN2O3. The molecule has 33 heavy (non-hydrogen) atoms. The molecule has 4 aromatic rings. The van der Waals surface area contributed by atoms with Gasteiger partial charge in [-0.3, -0.25) is 4.79 Å². The summed E-state index contributed by atoms with van der Waals surface area (Å²) in [6.45, 7) is 1.07. The number of nitrogens with one attached hydrogen (secondary N) is 1. The molecule has 0 aliphatic heterocycles. The fourth-order valence-electron chi connectivity index (χ4n) is 3.68. The van der Waals surface area contributed by atoms with Crippen LogP contribution < -0.4 is 10.1 Å². The lowest BCUT2D eigenvalue weighted by Gasteiger charge is -2.21. The third kappa shape index (κ3) is 5.95. The van der Waals surface area contributed by atoms with Gasteiger partial charge in [-0.2, -0.15) is 0 Å². The number of fused-ring (bicyclic) bond motifs is 1. The molecule has 1 N–H and O–H groups in total. The number of halogens is 1. The number of hydrogen-bond donors (Lipinski definition) is 1. The van der Waals surface area contributed by atoms with Gasteiger partial charge in [-0.25, -0.2) is 0 Å². The SMILES string of the molecule is CN(C)CCC(NC(=O)c1ccc(COc2cccc3ccccc23)o1)c1ccc(Cl)cc1. The van der Waals surface area contributed by atoms with E-state index in [0.29, 0.717) is 10.8 Å². The average Bonchev–Trinajstić information content (AvgIpc) is 3.30. The molecule has 6 heteroatoms. The number of amides is 1. The van der Waals surface area contributed by atoms with Crippen molar-refractivity contribution in [1.82, 2.24) is 10.2 Å². The zero-order chi connectivity index (χ0) is 23.2. The Labute approximate surface area is 198 Å². The molecule has 1 unspecified atom stereocenters. The largest absolute Gasteiger partial charge is 0.485 e. The van der Waals surface area contributed by atoms with Gasteiger partial charge in [-0.1, -0.05) is 60.1 Å². The maximum Gasteiger partial charge on any atom is 0.287 e. The van der Waals surface area contributed by atoms with Gasteiger partial charge in [0.25, 0.3) is 5.91 Å². The van der Waals surface area contributed by atoms with Crippen LogP contribution in [-0.2, 0) is 6.61 Å². The third-order valence-corrected chi connectivity index (χ3v) is 5.70. The Bertz CT molecular complexity index is 1210. The van der Waals surface area contributed by atoms with Crippen molar-refractivity contribution in [3.05, 3.63) is 101 Å². The molecule has 0 aliphatic carbocycles. The lowest BCUT2D eigenvalue weighted by atomic mass is 10.0. The summed E-state index contributed by atoms with van der Waals surface area (Å²) in [6, 6.07) is 24.8. The summed E-state index contributed by atoms with van der Waals surface area (Å²) >= 11 is 6.03. The van der Waals surface area contributed by atoms with Crippen LogP contribution in [0.25, 0.3) is 10.8 Å². The first-order valence-corrected chi connectivity index (χ1v) is 11.3. The first kappa shape index (κ1) is 22.9. The summed E-state index contributed by atoms with van der Waals surface area (Å²) in [4.78, 5) is 15.0. The third-order valence-electron chi connectivity index (χ3n) is 5.45. The molecular weight excluding hydrogens is 436 g/mol. The fraction of sp³-hybridized carbons (Fsp3) is 0.222. The highest BCUT2D eigenvalue weighted by Gasteiger charge is 2.19. The summed E-state index contributed by atoms with van der Waals surface area (Å²) in [5.74, 6) is 1.37. The van der Waals surface area contributed by atoms with E-state index in [0.717, 1.165) is 35.1 Å². The number of carbonyl (C=O) groups excluding carboxylic acids is 1. The van der Waals surface area contributed by atoms with Crippen LogP contribution in [0.15, 0.2) is 83.3 Å². The van der Waals surface area contributed by atoms with Gasteiger partial charge < -0.3 is 19.4 Å². The van der Waals surface area contributed by atoms with Crippen LogP contribution in [0.2, 0.25) is 5.02 Å². The van der Waals surface area contributed by atoms with E-state index in [9.17, 15) is 4.79 Å². The highest BCUT2D eigenvalue weighted by molar-refractivity contribution is 6.30. The number of benzene rings is 3. The van der Waals surface area contributed by atoms with Crippen molar-refractivity contribution in [3.63, 3.8) is 0 Å². The predicted molar refractivity (Wildman–Crippen MR) is 132 cm³/mol. The normalized spacial score (nSPS) is 12.1. The lowest BCUT2D eigenvalue weighted by molar-refractivity contribution is 0.0900. The Morgan fingerprint density at radius 3 is 2.55 bits per heavy atom. The van der Waals surface area contributed by atoms with Gasteiger partial charge in [0, 0.05) is 10.4 Å². The molecule has 0 spiro atoms. The van der Waals surface area contributed by atoms with Crippen LogP contribution >= 0.6 is 11.6 Å². The Kier molecular flexibility index (Phi) is 7.33. The molecule has 0 aliphatic rings. The highest BCUT2D eigenvalue weighted by atomic mass is 35.5. The van der Waals surface area contributed by atoms with Crippen molar-refractivity contribution in [2.75, 3.05) is 20.6 Å². The van der Waals surface area contributed by atoms with Gasteiger partial charge in [0.1, 0.15) is 18.1 Å². The minimum atomic E-state index is -0.259. The number of carbonyl (C=O) groups is 1. The van der Waals surface area contributed by atoms with E-state index in [2.05, 4.69) is 10.2 Å². The standard InChI is InChI=1S/C27H27ClN2O3/c1-30(2)17-16-24(20-10-12-21(28)13-11-20)29-27(31)26-15-14-22(33-26)18-32-25-9-5-7-19-6-3-4-8-23(19)25/h3-15,24H,16-18H2,1-2H3,(H,29,31).